The van der Waals surface area contributed by atoms with Gasteiger partial charge in [0.15, 0.2) is 0 Å². The van der Waals surface area contributed by atoms with Gasteiger partial charge in [0, 0.05) is 26.6 Å². The molecule has 4 aliphatic rings. The van der Waals surface area contributed by atoms with Crippen LogP contribution in [0.1, 0.15) is 71.5 Å². The predicted octanol–water partition coefficient (Wildman–Crippen LogP) is 3.65. The van der Waals surface area contributed by atoms with Crippen molar-refractivity contribution in [2.75, 3.05) is 26.7 Å². The number of likely N-dealkylation sites (tertiary alicyclic amines) is 1. The van der Waals surface area contributed by atoms with Crippen molar-refractivity contribution in [3.8, 4) is 0 Å². The average Bonchev–Trinajstić information content (AvgIpc) is 3.69. The Balaban J connectivity index is 1.61. The lowest BCUT2D eigenvalue weighted by Crippen LogP contribution is -2.59. The maximum atomic E-state index is 14.7. The van der Waals surface area contributed by atoms with Crippen molar-refractivity contribution in [1.82, 2.24) is 14.7 Å². The van der Waals surface area contributed by atoms with E-state index >= 15 is 0 Å². The van der Waals surface area contributed by atoms with E-state index < -0.39 is 53.7 Å². The summed E-state index contributed by atoms with van der Waals surface area (Å²) in [6, 6.07) is 7.09. The smallest absolute Gasteiger partial charge is 0.313 e. The molecule has 0 radical (unpaired) electrons. The fourth-order valence-electron chi connectivity index (χ4n) is 7.58. The highest BCUT2D eigenvalue weighted by Gasteiger charge is 2.74. The van der Waals surface area contributed by atoms with Gasteiger partial charge in [-0.2, -0.15) is 0 Å². The molecule has 10 nitrogen and oxygen atoms in total. The third-order valence-electron chi connectivity index (χ3n) is 10.3. The molecule has 1 aromatic rings. The molecule has 3 amide bonds. The Morgan fingerprint density at radius 2 is 1.78 bits per heavy atom. The van der Waals surface area contributed by atoms with Crippen LogP contribution in [0.15, 0.2) is 54.6 Å². The number of hydrogen-bond donors (Lipinski definition) is 1. The highest BCUT2D eigenvalue weighted by atomic mass is 16.6. The summed E-state index contributed by atoms with van der Waals surface area (Å²) < 4.78 is 12.8. The number of aliphatic hydroxyl groups excluding tert-OH is 1. The number of carbonyl (C=O) groups excluding carboxylic acids is 4. The zero-order valence-corrected chi connectivity index (χ0v) is 27.7. The third kappa shape index (κ3) is 6.01. The molecule has 8 atom stereocenters. The number of fused-ring (bicyclic) bond motifs is 2. The zero-order chi connectivity index (χ0) is 33.2. The van der Waals surface area contributed by atoms with Crippen molar-refractivity contribution in [1.29, 1.82) is 0 Å². The molecule has 250 valence electrons. The molecule has 1 N–H and O–H groups in total. The SMILES string of the molecule is CCCCCN1C/C=C\CCC(=O)N(C)[C@@H](C)[C@H](c2ccccc2)OC(=O)[C@@H]2[C@H]3C(=O)N([C@@H](CO)C(C)C)[C@H](C1=O)[C@]31C=C[C@H]2O1. The summed E-state index contributed by atoms with van der Waals surface area (Å²) in [6.45, 7) is 8.23. The Morgan fingerprint density at radius 3 is 2.46 bits per heavy atom. The number of esters is 1. The Bertz CT molecular complexity index is 1350. The minimum Gasteiger partial charge on any atom is -0.455 e. The minimum absolute atomic E-state index is 0.0897. The molecule has 0 unspecified atom stereocenters. The van der Waals surface area contributed by atoms with Crippen molar-refractivity contribution >= 4 is 23.7 Å². The molecule has 4 heterocycles. The fraction of sp³-hybridized carbons (Fsp3) is 0.611. The summed E-state index contributed by atoms with van der Waals surface area (Å²) in [6.07, 6.45) is 9.30. The molecule has 10 heteroatoms. The Hall–Kier alpha value is -3.50. The number of rotatable bonds is 8. The van der Waals surface area contributed by atoms with Crippen LogP contribution in [0.5, 0.6) is 0 Å². The normalized spacial score (nSPS) is 33.2. The maximum absolute atomic E-state index is 14.7. The molecule has 0 aliphatic carbocycles. The van der Waals surface area contributed by atoms with E-state index in [2.05, 4.69) is 6.92 Å². The number of nitrogens with zero attached hydrogens (tertiary/aromatic N) is 3. The Morgan fingerprint density at radius 1 is 1.04 bits per heavy atom. The lowest BCUT2D eigenvalue weighted by Gasteiger charge is -2.40. The van der Waals surface area contributed by atoms with Crippen molar-refractivity contribution < 1.29 is 33.8 Å². The first kappa shape index (κ1) is 33.9. The average molecular weight is 636 g/mol. The van der Waals surface area contributed by atoms with E-state index in [1.165, 1.54) is 4.90 Å². The summed E-state index contributed by atoms with van der Waals surface area (Å²) in [5.41, 5.74) is -0.642. The second kappa shape index (κ2) is 14.1. The molecule has 46 heavy (non-hydrogen) atoms. The number of carbonyl (C=O) groups is 4. The topological polar surface area (TPSA) is 117 Å². The Kier molecular flexibility index (Phi) is 10.4. The van der Waals surface area contributed by atoms with E-state index in [1.807, 2.05) is 63.3 Å². The quantitative estimate of drug-likeness (QED) is 0.263. The molecule has 1 aromatic carbocycles. The van der Waals surface area contributed by atoms with Crippen LogP contribution in [0.4, 0.5) is 0 Å². The van der Waals surface area contributed by atoms with Crippen LogP contribution in [0, 0.1) is 17.8 Å². The van der Waals surface area contributed by atoms with Crippen molar-refractivity contribution in [3.63, 3.8) is 0 Å². The van der Waals surface area contributed by atoms with Gasteiger partial charge in [-0.3, -0.25) is 19.2 Å². The summed E-state index contributed by atoms with van der Waals surface area (Å²) in [4.78, 5) is 61.7. The van der Waals surface area contributed by atoms with E-state index in [0.717, 1.165) is 24.8 Å². The van der Waals surface area contributed by atoms with E-state index in [-0.39, 0.29) is 36.7 Å². The molecule has 4 aliphatic heterocycles. The monoisotopic (exact) mass is 635 g/mol. The lowest BCUT2D eigenvalue weighted by atomic mass is 9.74. The first-order chi connectivity index (χ1) is 22.1. The van der Waals surface area contributed by atoms with Crippen LogP contribution in [-0.4, -0.2) is 100 Å². The Labute approximate surface area is 272 Å². The van der Waals surface area contributed by atoms with Crippen LogP contribution < -0.4 is 0 Å². The van der Waals surface area contributed by atoms with Gasteiger partial charge in [0.2, 0.25) is 17.7 Å². The number of hydrogen-bond acceptors (Lipinski definition) is 7. The van der Waals surface area contributed by atoms with Gasteiger partial charge in [0.1, 0.15) is 23.7 Å². The first-order valence-electron chi connectivity index (χ1n) is 16.8. The molecule has 5 rings (SSSR count). The van der Waals surface area contributed by atoms with Gasteiger partial charge in [-0.15, -0.1) is 0 Å². The summed E-state index contributed by atoms with van der Waals surface area (Å²) >= 11 is 0. The van der Waals surface area contributed by atoms with Crippen molar-refractivity contribution in [2.24, 2.45) is 17.8 Å². The number of likely N-dealkylation sites (N-methyl/N-ethyl adjacent to an activating group) is 1. The standard InChI is InChI=1S/C36H49N3O7/c1-6-7-13-20-38-21-14-9-12-17-28(41)37(5)24(4)31(25-15-10-8-11-16-25)45-35(44)29-27-18-19-36(46-27)30(29)33(42)39(32(36)34(38)43)26(22-40)23(2)3/h8-11,14-16,18-19,23-24,26-27,29-32,40H,6-7,12-13,17,20-22H2,1-5H3/b14-9-/t24-,26-,27+,29-,30-,31+,32+,36-/m0/s1. The van der Waals surface area contributed by atoms with Crippen molar-refractivity contribution in [3.05, 3.63) is 60.2 Å². The van der Waals surface area contributed by atoms with Gasteiger partial charge in [-0.1, -0.05) is 88.2 Å². The van der Waals surface area contributed by atoms with Crippen LogP contribution in [0.2, 0.25) is 0 Å². The van der Waals surface area contributed by atoms with Gasteiger partial charge >= 0.3 is 5.97 Å². The van der Waals surface area contributed by atoms with Crippen LogP contribution >= 0.6 is 0 Å². The van der Waals surface area contributed by atoms with E-state index in [1.54, 1.807) is 29.0 Å². The zero-order valence-electron chi connectivity index (χ0n) is 27.7. The van der Waals surface area contributed by atoms with E-state index in [4.69, 9.17) is 9.47 Å². The van der Waals surface area contributed by atoms with Gasteiger partial charge in [-0.25, -0.2) is 0 Å². The number of benzene rings is 1. The highest BCUT2D eigenvalue weighted by molar-refractivity contribution is 5.99. The molecule has 0 aromatic heterocycles. The number of ether oxygens (including phenoxy) is 2. The number of cyclic esters (lactones) is 1. The van der Waals surface area contributed by atoms with Crippen LogP contribution in [-0.2, 0) is 28.7 Å². The molecule has 2 fully saturated rings. The molecular weight excluding hydrogens is 586 g/mol. The van der Waals surface area contributed by atoms with Gasteiger partial charge < -0.3 is 29.3 Å². The maximum Gasteiger partial charge on any atom is 0.313 e. The summed E-state index contributed by atoms with van der Waals surface area (Å²) in [5, 5.41) is 10.5. The van der Waals surface area contributed by atoms with Crippen molar-refractivity contribution in [2.45, 2.75) is 95.7 Å². The number of amides is 3. The van der Waals surface area contributed by atoms with Gasteiger partial charge in [0.25, 0.3) is 0 Å². The third-order valence-corrected chi connectivity index (χ3v) is 10.3. The first-order valence-corrected chi connectivity index (χ1v) is 16.8. The van der Waals surface area contributed by atoms with Gasteiger partial charge in [-0.05, 0) is 31.2 Å². The number of aliphatic hydroxyl groups is 1. The summed E-state index contributed by atoms with van der Waals surface area (Å²) in [7, 11) is 1.71. The molecular formula is C36H49N3O7. The largest absolute Gasteiger partial charge is 0.455 e. The van der Waals surface area contributed by atoms with E-state index in [9.17, 15) is 24.3 Å². The highest BCUT2D eigenvalue weighted by Crippen LogP contribution is 2.56. The lowest BCUT2D eigenvalue weighted by molar-refractivity contribution is -0.164. The summed E-state index contributed by atoms with van der Waals surface area (Å²) in [5.74, 6) is -3.51. The predicted molar refractivity (Wildman–Crippen MR) is 172 cm³/mol. The van der Waals surface area contributed by atoms with Gasteiger partial charge in [0.05, 0.1) is 30.7 Å². The second-order valence-electron chi connectivity index (χ2n) is 13.5. The number of allylic oxidation sites excluding steroid dienone is 1. The molecule has 1 spiro atoms. The van der Waals surface area contributed by atoms with Crippen LogP contribution in [0.25, 0.3) is 0 Å². The molecule has 5 bridgehead atoms. The molecule has 2 saturated heterocycles. The molecule has 0 saturated carbocycles. The second-order valence-corrected chi connectivity index (χ2v) is 13.5. The number of unbranched alkanes of at least 4 members (excludes halogenated alkanes) is 2. The minimum atomic E-state index is -1.37. The van der Waals surface area contributed by atoms with E-state index in [0.29, 0.717) is 19.5 Å². The van der Waals surface area contributed by atoms with Crippen LogP contribution in [0.3, 0.4) is 0 Å². The fourth-order valence-corrected chi connectivity index (χ4v) is 7.58.